The van der Waals surface area contributed by atoms with Crippen molar-refractivity contribution in [3.8, 4) is 23.0 Å². The Kier molecular flexibility index (Phi) is 5.45. The van der Waals surface area contributed by atoms with Crippen molar-refractivity contribution in [2.24, 2.45) is 0 Å². The zero-order valence-electron chi connectivity index (χ0n) is 16.8. The van der Waals surface area contributed by atoms with Crippen molar-refractivity contribution < 1.29 is 18.9 Å². The van der Waals surface area contributed by atoms with Crippen LogP contribution in [0.4, 0.5) is 0 Å². The van der Waals surface area contributed by atoms with Gasteiger partial charge >= 0.3 is 0 Å². The van der Waals surface area contributed by atoms with Crippen LogP contribution in [0.1, 0.15) is 47.2 Å². The maximum Gasteiger partial charge on any atom is 0.175 e. The Labute approximate surface area is 164 Å². The van der Waals surface area contributed by atoms with Crippen molar-refractivity contribution in [1.29, 1.82) is 0 Å². The first kappa shape index (κ1) is 19.4. The smallest absolute Gasteiger partial charge is 0.175 e. The minimum atomic E-state index is 0.153. The topological polar surface area (TPSA) is 36.9 Å². The molecule has 144 valence electrons. The van der Waals surface area contributed by atoms with Gasteiger partial charge in [0.2, 0.25) is 0 Å². The summed E-state index contributed by atoms with van der Waals surface area (Å²) < 4.78 is 23.1. The summed E-state index contributed by atoms with van der Waals surface area (Å²) in [6, 6.07) is 0. The Morgan fingerprint density at radius 2 is 0.654 bits per heavy atom. The summed E-state index contributed by atoms with van der Waals surface area (Å²) in [7, 11) is 0. The second kappa shape index (κ2) is 7.31. The third kappa shape index (κ3) is 3.54. The molecule has 4 rings (SSSR count). The summed E-state index contributed by atoms with van der Waals surface area (Å²) in [6.45, 7) is 16.5. The molecule has 0 aromatic carbocycles. The van der Waals surface area contributed by atoms with Gasteiger partial charge in [0.25, 0.3) is 0 Å². The Bertz CT molecular complexity index is 665. The quantitative estimate of drug-likeness (QED) is 0.562. The number of hydrogen-bond donors (Lipinski definition) is 0. The molecule has 4 nitrogen and oxygen atoms in total. The van der Waals surface area contributed by atoms with E-state index >= 15 is 0 Å². The number of aryl methyl sites for hydroxylation is 4. The number of rotatable bonds is 0. The van der Waals surface area contributed by atoms with E-state index in [2.05, 4.69) is 27.7 Å². The zero-order valence-corrected chi connectivity index (χ0v) is 18.4. The molecule has 2 aromatic heterocycles. The van der Waals surface area contributed by atoms with Gasteiger partial charge in [-0.1, -0.05) is 0 Å². The molecule has 26 heavy (non-hydrogen) atoms. The van der Waals surface area contributed by atoms with Crippen LogP contribution in [-0.4, -0.2) is 24.4 Å². The molecule has 0 radical (unpaired) electrons. The lowest BCUT2D eigenvalue weighted by molar-refractivity contribution is 0.0430. The summed E-state index contributed by atoms with van der Waals surface area (Å²) in [5.41, 5.74) is 0. The summed E-state index contributed by atoms with van der Waals surface area (Å²) in [4.78, 5) is 4.86. The van der Waals surface area contributed by atoms with Gasteiger partial charge in [0.05, 0.1) is 0 Å². The molecule has 0 aliphatic carbocycles. The number of ether oxygens (including phenoxy) is 4. The fraction of sp³-hybridized carbons (Fsp3) is 0.600. The van der Waals surface area contributed by atoms with E-state index in [4.69, 9.17) is 18.9 Å². The van der Waals surface area contributed by atoms with Gasteiger partial charge < -0.3 is 18.9 Å². The minimum absolute atomic E-state index is 0.153. The highest BCUT2D eigenvalue weighted by atomic mass is 32.1. The van der Waals surface area contributed by atoms with Gasteiger partial charge in [-0.2, -0.15) is 0 Å². The lowest BCUT2D eigenvalue weighted by Gasteiger charge is -2.28. The molecular formula is C20H28O4S2. The van der Waals surface area contributed by atoms with Crippen LogP contribution in [0.2, 0.25) is 0 Å². The summed E-state index contributed by atoms with van der Waals surface area (Å²) in [5, 5.41) is 0. The van der Waals surface area contributed by atoms with Crippen LogP contribution in [-0.2, 0) is 0 Å². The summed E-state index contributed by atoms with van der Waals surface area (Å²) in [5.74, 6) is 3.81. The van der Waals surface area contributed by atoms with Gasteiger partial charge in [-0.15, -0.1) is 22.7 Å². The normalized spacial score (nSPS) is 26.2. The highest BCUT2D eigenvalue weighted by molar-refractivity contribution is 7.12. The number of thiophene rings is 2. The third-order valence-electron chi connectivity index (χ3n) is 4.84. The molecule has 0 amide bonds. The van der Waals surface area contributed by atoms with Crippen molar-refractivity contribution in [1.82, 2.24) is 0 Å². The maximum atomic E-state index is 5.78. The van der Waals surface area contributed by atoms with Crippen LogP contribution in [0.3, 0.4) is 0 Å². The van der Waals surface area contributed by atoms with E-state index in [9.17, 15) is 0 Å². The van der Waals surface area contributed by atoms with E-state index in [1.54, 1.807) is 22.7 Å². The average Bonchev–Trinajstić information content (AvgIpc) is 2.99. The predicted octanol–water partition coefficient (Wildman–Crippen LogP) is 5.83. The van der Waals surface area contributed by atoms with Gasteiger partial charge in [-0.05, 0) is 55.4 Å². The van der Waals surface area contributed by atoms with Crippen LogP contribution in [0.25, 0.3) is 0 Å². The van der Waals surface area contributed by atoms with Gasteiger partial charge in [-0.3, -0.25) is 0 Å². The Balaban J connectivity index is 0.000000151. The second-order valence-corrected chi connectivity index (χ2v) is 9.89. The van der Waals surface area contributed by atoms with Crippen molar-refractivity contribution in [3.05, 3.63) is 19.5 Å². The van der Waals surface area contributed by atoms with Gasteiger partial charge in [-0.25, -0.2) is 0 Å². The summed E-state index contributed by atoms with van der Waals surface area (Å²) >= 11 is 3.48. The van der Waals surface area contributed by atoms with E-state index < -0.39 is 0 Å². The average molecular weight is 397 g/mol. The van der Waals surface area contributed by atoms with Crippen molar-refractivity contribution in [2.45, 2.75) is 79.8 Å². The molecule has 4 heterocycles. The van der Waals surface area contributed by atoms with Crippen molar-refractivity contribution >= 4 is 22.7 Å². The van der Waals surface area contributed by atoms with Crippen LogP contribution in [0.5, 0.6) is 23.0 Å². The monoisotopic (exact) mass is 396 g/mol. The second-order valence-electron chi connectivity index (χ2n) is 7.04. The lowest BCUT2D eigenvalue weighted by atomic mass is 10.2. The van der Waals surface area contributed by atoms with Crippen LogP contribution in [0.15, 0.2) is 0 Å². The molecule has 0 saturated heterocycles. The fourth-order valence-electron chi connectivity index (χ4n) is 2.96. The number of hydrogen-bond acceptors (Lipinski definition) is 6. The molecule has 6 heteroatoms. The Morgan fingerprint density at radius 1 is 0.462 bits per heavy atom. The SMILES string of the molecule is Cc1sc(C)c2c1OC(C)C(C)O2.Cc1sc(C)c2c1OC(C)C(C)O2. The van der Waals surface area contributed by atoms with Gasteiger partial charge in [0, 0.05) is 19.5 Å². The summed E-state index contributed by atoms with van der Waals surface area (Å²) in [6.07, 6.45) is 0.612. The maximum absolute atomic E-state index is 5.78. The van der Waals surface area contributed by atoms with Crippen molar-refractivity contribution in [3.63, 3.8) is 0 Å². The van der Waals surface area contributed by atoms with Gasteiger partial charge in [0.15, 0.2) is 23.0 Å². The minimum Gasteiger partial charge on any atom is -0.482 e. The highest BCUT2D eigenvalue weighted by Crippen LogP contribution is 2.45. The van der Waals surface area contributed by atoms with E-state index in [0.29, 0.717) is 0 Å². The first-order chi connectivity index (χ1) is 12.2. The zero-order chi connectivity index (χ0) is 19.2. The van der Waals surface area contributed by atoms with Crippen LogP contribution in [0, 0.1) is 27.7 Å². The standard InChI is InChI=1S/2C10H14O2S/c2*1-5-6(2)12-10-8(4)13-7(3)9(10)11-5/h2*5-6H,1-4H3. The molecule has 2 aliphatic heterocycles. The Hall–Kier alpha value is -1.40. The molecule has 0 fully saturated rings. The van der Waals surface area contributed by atoms with Crippen LogP contribution < -0.4 is 18.9 Å². The molecule has 2 aromatic rings. The van der Waals surface area contributed by atoms with E-state index in [0.717, 1.165) is 23.0 Å². The van der Waals surface area contributed by atoms with E-state index in [1.165, 1.54) is 19.5 Å². The molecular weight excluding hydrogens is 368 g/mol. The Morgan fingerprint density at radius 3 is 0.846 bits per heavy atom. The van der Waals surface area contributed by atoms with E-state index in [-0.39, 0.29) is 24.4 Å². The molecule has 4 unspecified atom stereocenters. The molecule has 4 atom stereocenters. The fourth-order valence-corrected chi connectivity index (χ4v) is 4.81. The molecule has 2 aliphatic rings. The van der Waals surface area contributed by atoms with Crippen molar-refractivity contribution in [2.75, 3.05) is 0 Å². The van der Waals surface area contributed by atoms with Gasteiger partial charge in [0.1, 0.15) is 24.4 Å². The molecule has 0 spiro atoms. The first-order valence-electron chi connectivity index (χ1n) is 9.05. The highest BCUT2D eigenvalue weighted by Gasteiger charge is 2.29. The third-order valence-corrected chi connectivity index (χ3v) is 6.81. The lowest BCUT2D eigenvalue weighted by Crippen LogP contribution is -2.34. The molecule has 0 saturated carbocycles. The molecule has 0 bridgehead atoms. The predicted molar refractivity (Wildman–Crippen MR) is 108 cm³/mol. The number of fused-ring (bicyclic) bond motifs is 2. The largest absolute Gasteiger partial charge is 0.482 e. The van der Waals surface area contributed by atoms with Crippen LogP contribution >= 0.6 is 22.7 Å². The van der Waals surface area contributed by atoms with E-state index in [1.807, 2.05) is 27.7 Å². The molecule has 0 N–H and O–H groups in total. The first-order valence-corrected chi connectivity index (χ1v) is 10.7.